The molecule has 95 heavy (non-hydrogen) atoms. The summed E-state index contributed by atoms with van der Waals surface area (Å²) in [6, 6.07) is 46.8. The molecule has 10 rings (SSSR count). The molecule has 19 nitrogen and oxygen atoms in total. The van der Waals surface area contributed by atoms with Gasteiger partial charge in [0.15, 0.2) is 0 Å². The van der Waals surface area contributed by atoms with E-state index in [0.29, 0.717) is 89.9 Å². The molecule has 1 aliphatic heterocycles. The van der Waals surface area contributed by atoms with Crippen molar-refractivity contribution < 1.29 is 108 Å². The van der Waals surface area contributed by atoms with E-state index < -0.39 is 52.1 Å². The molecule has 3 aromatic heterocycles. The van der Waals surface area contributed by atoms with Crippen molar-refractivity contribution in [1.29, 1.82) is 0 Å². The van der Waals surface area contributed by atoms with Crippen LogP contribution < -0.4 is 37.0 Å². The van der Waals surface area contributed by atoms with Crippen molar-refractivity contribution in [2.24, 2.45) is 0 Å². The first-order valence-corrected chi connectivity index (χ1v) is 37.2. The van der Waals surface area contributed by atoms with Gasteiger partial charge in [0.25, 0.3) is 22.1 Å². The van der Waals surface area contributed by atoms with Crippen LogP contribution in [0.4, 0.5) is 0 Å². The summed E-state index contributed by atoms with van der Waals surface area (Å²) in [7, 11) is -21.7. The standard InChI is InChI=1S/C70H65N6O13P3S2.Eu/c1-50-5-11-53(12-6-50)15-18-56-41-59(71-68(44-56)90(77,78)63-25-9-52(3)10-26-63)47-74-35-37-75(48-60-42-57(19-16-54-13-7-51(2)8-14-54)45-69(72-60)91(79,80)64-27-31-66(32-28-64)93(83,84)85)39-40-76(38-36-74)49-61-43-58(20-17-55-21-23-62(89-4)24-22-55)46-70(73-61)92(81,82)65-29-33-67(34-30-65)94(86,87)88;/h5-14,21-34,41-46H,35-40,47-49H2,1-4H3,(H,77,78)(H,79,80)(H,81,82)(H,83,84,85)(H,86,87,88);/q;+3/p-2. The predicted octanol–water partition coefficient (Wildman–Crippen LogP) is 6.30. The summed E-state index contributed by atoms with van der Waals surface area (Å²) in [5.74, 6) is 19.5. The third-order valence-electron chi connectivity index (χ3n) is 15.5. The van der Waals surface area contributed by atoms with Gasteiger partial charge in [-0.15, -0.1) is 0 Å². The van der Waals surface area contributed by atoms with Gasteiger partial charge < -0.3 is 28.5 Å². The van der Waals surface area contributed by atoms with Crippen molar-refractivity contribution in [1.82, 2.24) is 29.7 Å². The summed E-state index contributed by atoms with van der Waals surface area (Å²) in [5, 5.41) is -0.163. The maximum atomic E-state index is 14.6. The zero-order valence-corrected chi connectivity index (χ0v) is 58.6. The Labute approximate surface area is 594 Å². The zero-order valence-electron chi connectivity index (χ0n) is 51.8. The molecule has 1 aliphatic rings. The van der Waals surface area contributed by atoms with Crippen LogP contribution in [0.1, 0.15) is 67.2 Å². The minimum absolute atomic E-state index is 0. The van der Waals surface area contributed by atoms with E-state index in [4.69, 9.17) is 19.7 Å². The zero-order chi connectivity index (χ0) is 67.0. The summed E-state index contributed by atoms with van der Waals surface area (Å²) in [4.78, 5) is 55.4. The Morgan fingerprint density at radius 2 is 0.642 bits per heavy atom. The van der Waals surface area contributed by atoms with Crippen LogP contribution >= 0.6 is 22.1 Å². The van der Waals surface area contributed by atoms with E-state index in [2.05, 4.69) is 50.2 Å². The molecule has 6 aromatic carbocycles. The molecular formula is C70H63EuN6O13P3S2+. The van der Waals surface area contributed by atoms with E-state index in [9.17, 15) is 54.3 Å². The first-order valence-electron chi connectivity index (χ1n) is 29.4. The summed E-state index contributed by atoms with van der Waals surface area (Å²) in [5.41, 5.74) is 6.73. The van der Waals surface area contributed by atoms with E-state index in [1.165, 1.54) is 12.1 Å². The Morgan fingerprint density at radius 1 is 0.400 bits per heavy atom. The van der Waals surface area contributed by atoms with Gasteiger partial charge in [-0.05, 0) is 166 Å². The number of pyridine rings is 3. The number of rotatable bonds is 15. The van der Waals surface area contributed by atoms with Crippen molar-refractivity contribution in [3.05, 3.63) is 249 Å². The SMILES string of the molecule is COc1ccc(C#Cc2cc(CN3CCN(Cc4cc(C#Cc5ccc(C)cc5)cc(P(=O)(O)c5ccc(C)cc5)n4)CCN(Cc4cc(C#Cc5ccc(C)cc5)cc(P(=O)(O)c5ccc(S(=O)(=O)[O-])cc5)n4)CC3)nc(P(=O)(O)c3ccc(S(=O)(=O)[O-])cc3)c2)cc1.[Eu+3]. The third kappa shape index (κ3) is 19.2. The van der Waals surface area contributed by atoms with Crippen LogP contribution in [-0.2, 0) is 53.6 Å². The van der Waals surface area contributed by atoms with Crippen LogP contribution in [-0.4, -0.2) is 117 Å². The average Bonchev–Trinajstić information content (AvgIpc) is 0.810. The first-order chi connectivity index (χ1) is 44.7. The first kappa shape index (κ1) is 72.4. The summed E-state index contributed by atoms with van der Waals surface area (Å²) in [6.45, 7) is 8.32. The van der Waals surface area contributed by atoms with E-state index in [1.54, 1.807) is 79.9 Å². The smallest absolute Gasteiger partial charge is 0.744 e. The molecule has 1 saturated heterocycles. The van der Waals surface area contributed by atoms with E-state index >= 15 is 0 Å². The molecule has 484 valence electrons. The molecule has 3 atom stereocenters. The number of aryl methyl sites for hydroxylation is 3. The number of aromatic nitrogens is 3. The Morgan fingerprint density at radius 3 is 0.905 bits per heavy atom. The maximum Gasteiger partial charge on any atom is 3.00 e. The molecule has 9 aromatic rings. The molecule has 3 N–H and O–H groups in total. The van der Waals surface area contributed by atoms with Gasteiger partial charge in [-0.1, -0.05) is 88.6 Å². The van der Waals surface area contributed by atoms with E-state index in [-0.39, 0.29) is 101 Å². The van der Waals surface area contributed by atoms with Gasteiger partial charge in [-0.25, -0.2) is 31.8 Å². The second-order valence-electron chi connectivity index (χ2n) is 22.6. The van der Waals surface area contributed by atoms with E-state index in [0.717, 1.165) is 70.8 Å². The number of hydrogen-bond acceptors (Lipinski definition) is 16. The minimum atomic E-state index is -4.88. The molecule has 0 spiro atoms. The van der Waals surface area contributed by atoms with Crippen molar-refractivity contribution >= 4 is 74.6 Å². The van der Waals surface area contributed by atoms with Crippen molar-refractivity contribution in [3.8, 4) is 41.3 Å². The molecular weight excluding hydrogens is 1440 g/mol. The van der Waals surface area contributed by atoms with Crippen LogP contribution in [0, 0.1) is 106 Å². The molecule has 0 amide bonds. The number of hydrogen-bond donors (Lipinski definition) is 3. The third-order valence-corrected chi connectivity index (χ3v) is 22.7. The normalized spacial score (nSPS) is 15.2. The van der Waals surface area contributed by atoms with Gasteiger partial charge >= 0.3 is 49.4 Å². The fraction of sp³-hybridized carbons (Fsp3) is 0.186. The van der Waals surface area contributed by atoms with Crippen LogP contribution in [0.15, 0.2) is 192 Å². The van der Waals surface area contributed by atoms with Gasteiger partial charge in [0.2, 0.25) is 0 Å². The Hall–Kier alpha value is -6.90. The Balaban J connectivity index is 0.0000106. The van der Waals surface area contributed by atoms with Crippen molar-refractivity contribution in [2.45, 2.75) is 50.2 Å². The van der Waals surface area contributed by atoms with Crippen LogP contribution in [0.25, 0.3) is 0 Å². The monoisotopic (exact) mass is 1510 g/mol. The van der Waals surface area contributed by atoms with Gasteiger partial charge in [-0.3, -0.25) is 28.4 Å². The van der Waals surface area contributed by atoms with Crippen LogP contribution in [0.2, 0.25) is 0 Å². The van der Waals surface area contributed by atoms with Crippen LogP contribution in [0.3, 0.4) is 0 Å². The number of methoxy groups -OCH3 is 1. The number of benzene rings is 6. The minimum Gasteiger partial charge on any atom is -0.744 e. The topological polar surface area (TPSA) is 284 Å². The molecule has 0 radical (unpaired) electrons. The second kappa shape index (κ2) is 31.1. The summed E-state index contributed by atoms with van der Waals surface area (Å²) < 4.78 is 120. The Kier molecular flexibility index (Phi) is 23.7. The number of ether oxygens (including phenoxy) is 1. The molecule has 3 unspecified atom stereocenters. The molecule has 4 heterocycles. The fourth-order valence-electron chi connectivity index (χ4n) is 10.1. The van der Waals surface area contributed by atoms with Gasteiger partial charge in [0.05, 0.1) is 34.0 Å². The average molecular weight is 1510 g/mol. The Bertz CT molecular complexity index is 4900. The van der Waals surface area contributed by atoms with Crippen LogP contribution in [0.5, 0.6) is 5.75 Å². The second-order valence-corrected chi connectivity index (χ2v) is 31.8. The summed E-state index contributed by atoms with van der Waals surface area (Å²) in [6.07, 6.45) is 0. The van der Waals surface area contributed by atoms with Crippen molar-refractivity contribution in [3.63, 3.8) is 0 Å². The molecule has 0 bridgehead atoms. The largest absolute Gasteiger partial charge is 3.00 e. The molecule has 0 saturated carbocycles. The maximum absolute atomic E-state index is 14.6. The van der Waals surface area contributed by atoms with Gasteiger partial charge in [0.1, 0.15) is 42.3 Å². The number of nitrogens with zero attached hydrogens (tertiary/aromatic N) is 6. The molecule has 0 aliphatic carbocycles. The van der Waals surface area contributed by atoms with E-state index in [1.807, 2.05) is 69.3 Å². The quantitative estimate of drug-likeness (QED) is 0.0577. The molecule has 1 fully saturated rings. The van der Waals surface area contributed by atoms with Gasteiger partial charge in [0, 0.05) is 108 Å². The van der Waals surface area contributed by atoms with Gasteiger partial charge in [-0.2, -0.15) is 0 Å². The predicted molar refractivity (Wildman–Crippen MR) is 359 cm³/mol. The molecule has 25 heteroatoms. The van der Waals surface area contributed by atoms with Crippen molar-refractivity contribution in [2.75, 3.05) is 46.4 Å². The fourth-order valence-corrected chi connectivity index (χ4v) is 15.3. The summed E-state index contributed by atoms with van der Waals surface area (Å²) >= 11 is 0.